The number of ether oxygens (including phenoxy) is 1. The van der Waals surface area contributed by atoms with Crippen molar-refractivity contribution in [2.24, 2.45) is 0 Å². The van der Waals surface area contributed by atoms with E-state index in [1.54, 1.807) is 0 Å². The summed E-state index contributed by atoms with van der Waals surface area (Å²) in [6.07, 6.45) is 4.38. The molecule has 1 heterocycles. The quantitative estimate of drug-likeness (QED) is 0.715. The first-order chi connectivity index (χ1) is 12.1. The normalized spacial score (nSPS) is 17.3. The van der Waals surface area contributed by atoms with Gasteiger partial charge in [0.25, 0.3) is 5.91 Å². The van der Waals surface area contributed by atoms with Gasteiger partial charge in [-0.15, -0.1) is 0 Å². The lowest BCUT2D eigenvalue weighted by Gasteiger charge is -2.36. The minimum atomic E-state index is 0.0768. The molecule has 0 radical (unpaired) electrons. The van der Waals surface area contributed by atoms with Crippen molar-refractivity contribution in [3.63, 3.8) is 0 Å². The van der Waals surface area contributed by atoms with Gasteiger partial charge in [-0.1, -0.05) is 39.0 Å². The van der Waals surface area contributed by atoms with E-state index in [0.29, 0.717) is 12.0 Å². The molecule has 2 rings (SSSR count). The molecule has 25 heavy (non-hydrogen) atoms. The maximum atomic E-state index is 12.6. The third kappa shape index (κ3) is 5.46. The van der Waals surface area contributed by atoms with Crippen LogP contribution in [0.4, 0.5) is 0 Å². The zero-order chi connectivity index (χ0) is 18.2. The maximum Gasteiger partial charge on any atom is 0.260 e. The van der Waals surface area contributed by atoms with Gasteiger partial charge in [0, 0.05) is 26.2 Å². The highest BCUT2D eigenvalue weighted by atomic mass is 16.5. The van der Waals surface area contributed by atoms with Crippen LogP contribution in [0.2, 0.25) is 0 Å². The molecule has 0 N–H and O–H groups in total. The monoisotopic (exact) mass is 346 g/mol. The Hall–Kier alpha value is -1.55. The van der Waals surface area contributed by atoms with Crippen LogP contribution >= 0.6 is 0 Å². The number of piperidine rings is 1. The number of likely N-dealkylation sites (tertiary alicyclic amines) is 1. The van der Waals surface area contributed by atoms with Crippen molar-refractivity contribution < 1.29 is 9.53 Å². The van der Waals surface area contributed by atoms with Crippen molar-refractivity contribution in [3.05, 3.63) is 29.8 Å². The third-order valence-electron chi connectivity index (χ3n) is 5.45. The Bertz CT molecular complexity index is 538. The van der Waals surface area contributed by atoms with Gasteiger partial charge in [-0.2, -0.15) is 0 Å². The summed E-state index contributed by atoms with van der Waals surface area (Å²) in [4.78, 5) is 17.0. The first-order valence-corrected chi connectivity index (χ1v) is 9.76. The second kappa shape index (κ2) is 9.81. The predicted molar refractivity (Wildman–Crippen MR) is 103 cm³/mol. The van der Waals surface area contributed by atoms with Crippen LogP contribution in [0.5, 0.6) is 5.75 Å². The Morgan fingerprint density at radius 3 is 2.60 bits per heavy atom. The summed E-state index contributed by atoms with van der Waals surface area (Å²) in [5.41, 5.74) is 1.19. The Kier molecular flexibility index (Phi) is 7.76. The van der Waals surface area contributed by atoms with Gasteiger partial charge in [0.1, 0.15) is 5.75 Å². The van der Waals surface area contributed by atoms with E-state index in [9.17, 15) is 4.79 Å². The number of nitrogens with zero attached hydrogens (tertiary/aromatic N) is 2. The zero-order valence-corrected chi connectivity index (χ0v) is 16.3. The Morgan fingerprint density at radius 2 is 1.96 bits per heavy atom. The van der Waals surface area contributed by atoms with E-state index >= 15 is 0 Å². The van der Waals surface area contributed by atoms with Gasteiger partial charge in [0.15, 0.2) is 6.61 Å². The highest BCUT2D eigenvalue weighted by Crippen LogP contribution is 2.28. The third-order valence-corrected chi connectivity index (χ3v) is 5.45. The minimum absolute atomic E-state index is 0.0768. The summed E-state index contributed by atoms with van der Waals surface area (Å²) in [5.74, 6) is 1.36. The molecule has 1 amide bonds. The molecule has 4 heteroatoms. The van der Waals surface area contributed by atoms with Gasteiger partial charge >= 0.3 is 0 Å². The fourth-order valence-electron chi connectivity index (χ4n) is 3.53. The first-order valence-electron chi connectivity index (χ1n) is 9.76. The molecular weight excluding hydrogens is 312 g/mol. The molecule has 1 atom stereocenters. The summed E-state index contributed by atoms with van der Waals surface area (Å²) < 4.78 is 5.89. The number of carbonyl (C=O) groups is 1. The van der Waals surface area contributed by atoms with E-state index < -0.39 is 0 Å². The lowest BCUT2D eigenvalue weighted by molar-refractivity contribution is -0.135. The fraction of sp³-hybridized carbons (Fsp3) is 0.667. The van der Waals surface area contributed by atoms with Crippen LogP contribution in [0.25, 0.3) is 0 Å². The molecule has 0 spiro atoms. The van der Waals surface area contributed by atoms with Crippen LogP contribution in [0.1, 0.15) is 57.9 Å². The number of hydrogen-bond donors (Lipinski definition) is 0. The summed E-state index contributed by atoms with van der Waals surface area (Å²) in [5, 5.41) is 0. The van der Waals surface area contributed by atoms with E-state index in [-0.39, 0.29) is 12.5 Å². The number of hydrogen-bond acceptors (Lipinski definition) is 3. The molecule has 4 nitrogen and oxygen atoms in total. The molecule has 1 unspecified atom stereocenters. The lowest BCUT2D eigenvalue weighted by atomic mass is 9.98. The number of benzene rings is 1. The molecule has 140 valence electrons. The van der Waals surface area contributed by atoms with E-state index in [0.717, 1.165) is 38.1 Å². The highest BCUT2D eigenvalue weighted by molar-refractivity contribution is 5.77. The van der Waals surface area contributed by atoms with Gasteiger partial charge in [-0.3, -0.25) is 4.79 Å². The summed E-state index contributed by atoms with van der Waals surface area (Å²) in [6, 6.07) is 8.42. The molecule has 1 fully saturated rings. The van der Waals surface area contributed by atoms with E-state index in [1.165, 1.54) is 18.5 Å². The average molecular weight is 347 g/mol. The standard InChI is InChI=1S/C21H34N2O2/c1-5-13-23-14-11-18(12-15-23)22(4)21(24)16-25-20-10-8-7-9-19(20)17(3)6-2/h7-10,17-18H,5-6,11-16H2,1-4H3. The van der Waals surface area contributed by atoms with Crippen molar-refractivity contribution >= 4 is 5.91 Å². The van der Waals surface area contributed by atoms with E-state index in [1.807, 2.05) is 30.1 Å². The maximum absolute atomic E-state index is 12.6. The Morgan fingerprint density at radius 1 is 1.28 bits per heavy atom. The first kappa shape index (κ1) is 19.8. The zero-order valence-electron chi connectivity index (χ0n) is 16.3. The van der Waals surface area contributed by atoms with Gasteiger partial charge in [0.2, 0.25) is 0 Å². The van der Waals surface area contributed by atoms with Crippen molar-refractivity contribution in [3.8, 4) is 5.75 Å². The molecule has 0 aliphatic carbocycles. The van der Waals surface area contributed by atoms with Crippen LogP contribution in [-0.2, 0) is 4.79 Å². The van der Waals surface area contributed by atoms with Crippen LogP contribution in [0.3, 0.4) is 0 Å². The van der Waals surface area contributed by atoms with E-state index in [2.05, 4.69) is 31.7 Å². The number of rotatable bonds is 8. The molecule has 0 bridgehead atoms. The van der Waals surface area contributed by atoms with Gasteiger partial charge < -0.3 is 14.5 Å². The molecule has 1 saturated heterocycles. The highest BCUT2D eigenvalue weighted by Gasteiger charge is 2.25. The van der Waals surface area contributed by atoms with Crippen molar-refractivity contribution in [2.45, 2.75) is 58.4 Å². The fourth-order valence-corrected chi connectivity index (χ4v) is 3.53. The average Bonchev–Trinajstić information content (AvgIpc) is 2.66. The molecule has 0 saturated carbocycles. The molecule has 0 aromatic heterocycles. The van der Waals surface area contributed by atoms with Gasteiger partial charge in [0.05, 0.1) is 0 Å². The predicted octanol–water partition coefficient (Wildman–Crippen LogP) is 3.91. The molecule has 1 aromatic carbocycles. The molecule has 1 aliphatic heterocycles. The number of para-hydroxylation sites is 1. The minimum Gasteiger partial charge on any atom is -0.483 e. The largest absolute Gasteiger partial charge is 0.483 e. The molecular formula is C21H34N2O2. The Balaban J connectivity index is 1.86. The topological polar surface area (TPSA) is 32.8 Å². The summed E-state index contributed by atoms with van der Waals surface area (Å²) in [7, 11) is 1.92. The summed E-state index contributed by atoms with van der Waals surface area (Å²) >= 11 is 0. The molecule has 1 aliphatic rings. The number of carbonyl (C=O) groups excluding carboxylic acids is 1. The van der Waals surface area contributed by atoms with Crippen LogP contribution in [-0.4, -0.2) is 55.0 Å². The van der Waals surface area contributed by atoms with Crippen LogP contribution < -0.4 is 4.74 Å². The van der Waals surface area contributed by atoms with Crippen LogP contribution in [0.15, 0.2) is 24.3 Å². The second-order valence-electron chi connectivity index (χ2n) is 7.21. The van der Waals surface area contributed by atoms with Gasteiger partial charge in [-0.05, 0) is 49.8 Å². The number of amides is 1. The SMILES string of the molecule is CCCN1CCC(N(C)C(=O)COc2ccccc2C(C)CC)CC1. The Labute approximate surface area is 153 Å². The number of likely N-dealkylation sites (N-methyl/N-ethyl adjacent to an activating group) is 1. The smallest absolute Gasteiger partial charge is 0.260 e. The summed E-state index contributed by atoms with van der Waals surface area (Å²) in [6.45, 7) is 10.1. The van der Waals surface area contributed by atoms with Gasteiger partial charge in [-0.25, -0.2) is 0 Å². The second-order valence-corrected chi connectivity index (χ2v) is 7.21. The van der Waals surface area contributed by atoms with Crippen LogP contribution in [0, 0.1) is 0 Å². The lowest BCUT2D eigenvalue weighted by Crippen LogP contribution is -2.47. The van der Waals surface area contributed by atoms with Crippen molar-refractivity contribution in [2.75, 3.05) is 33.3 Å². The molecule has 1 aromatic rings. The van der Waals surface area contributed by atoms with Crippen molar-refractivity contribution in [1.82, 2.24) is 9.80 Å². The van der Waals surface area contributed by atoms with E-state index in [4.69, 9.17) is 4.74 Å². The van der Waals surface area contributed by atoms with Crippen molar-refractivity contribution in [1.29, 1.82) is 0 Å².